The molecule has 3 heteroatoms. The van der Waals surface area contributed by atoms with E-state index in [4.69, 9.17) is 14.2 Å². The Kier molecular flexibility index (Phi) is 6.61. The van der Waals surface area contributed by atoms with E-state index < -0.39 is 5.97 Å². The molecule has 1 rings (SSSR count). The van der Waals surface area contributed by atoms with Crippen LogP contribution in [0.25, 0.3) is 0 Å². The zero-order chi connectivity index (χ0) is 13.6. The first-order valence-electron chi connectivity index (χ1n) is 7.53. The second-order valence-electron chi connectivity index (χ2n) is 5.31. The van der Waals surface area contributed by atoms with E-state index in [9.17, 15) is 0 Å². The van der Waals surface area contributed by atoms with Gasteiger partial charge in [0.05, 0.1) is 0 Å². The Balaban J connectivity index is 2.96. The lowest BCUT2D eigenvalue weighted by Crippen LogP contribution is -2.52. The smallest absolute Gasteiger partial charge is 0.286 e. The number of rotatable bonds is 7. The molecule has 3 nitrogen and oxygen atoms in total. The average Bonchev–Trinajstić information content (AvgIpc) is 2.29. The van der Waals surface area contributed by atoms with Crippen LogP contribution in [-0.2, 0) is 14.2 Å². The van der Waals surface area contributed by atoms with E-state index in [1.54, 1.807) is 0 Å². The Morgan fingerprint density at radius 3 is 1.56 bits per heavy atom. The van der Waals surface area contributed by atoms with Crippen molar-refractivity contribution >= 4 is 0 Å². The largest absolute Gasteiger partial charge is 0.328 e. The zero-order valence-electron chi connectivity index (χ0n) is 12.7. The first kappa shape index (κ1) is 15.9. The van der Waals surface area contributed by atoms with Gasteiger partial charge in [-0.3, -0.25) is 0 Å². The first-order valence-corrected chi connectivity index (χ1v) is 7.53. The van der Waals surface area contributed by atoms with Gasteiger partial charge < -0.3 is 14.2 Å². The highest BCUT2D eigenvalue weighted by Crippen LogP contribution is 2.44. The minimum Gasteiger partial charge on any atom is -0.328 e. The van der Waals surface area contributed by atoms with Crippen molar-refractivity contribution in [1.29, 1.82) is 0 Å². The van der Waals surface area contributed by atoms with Gasteiger partial charge in [-0.1, -0.05) is 33.1 Å². The minimum absolute atomic E-state index is 0.325. The summed E-state index contributed by atoms with van der Waals surface area (Å²) in [6.45, 7) is 12.5. The summed E-state index contributed by atoms with van der Waals surface area (Å²) >= 11 is 0. The summed E-state index contributed by atoms with van der Waals surface area (Å²) in [5, 5.41) is 0. The summed E-state index contributed by atoms with van der Waals surface area (Å²) in [5.74, 6) is 0.653. The number of hydrogen-bond donors (Lipinski definition) is 0. The highest BCUT2D eigenvalue weighted by molar-refractivity contribution is 4.85. The van der Waals surface area contributed by atoms with Crippen LogP contribution in [0.3, 0.4) is 0 Å². The normalized spacial score (nSPS) is 29.5. The topological polar surface area (TPSA) is 27.7 Å². The fraction of sp³-hybridized carbons (Fsp3) is 1.00. The Morgan fingerprint density at radius 1 is 0.833 bits per heavy atom. The molecule has 0 heterocycles. The van der Waals surface area contributed by atoms with E-state index in [0.29, 0.717) is 37.6 Å². The van der Waals surface area contributed by atoms with E-state index in [1.807, 2.05) is 20.8 Å². The quantitative estimate of drug-likeness (QED) is 0.650. The summed E-state index contributed by atoms with van der Waals surface area (Å²) < 4.78 is 17.8. The van der Waals surface area contributed by atoms with Gasteiger partial charge in [-0.15, -0.1) is 0 Å². The predicted octanol–water partition coefficient (Wildman–Crippen LogP) is 3.82. The molecule has 1 fully saturated rings. The van der Waals surface area contributed by atoms with Crippen LogP contribution in [0.4, 0.5) is 0 Å². The van der Waals surface area contributed by atoms with Crippen LogP contribution in [0.5, 0.6) is 0 Å². The van der Waals surface area contributed by atoms with Crippen LogP contribution in [0.15, 0.2) is 0 Å². The second kappa shape index (κ2) is 7.46. The van der Waals surface area contributed by atoms with Crippen molar-refractivity contribution in [2.75, 3.05) is 19.8 Å². The summed E-state index contributed by atoms with van der Waals surface area (Å²) in [5.41, 5.74) is 0. The monoisotopic (exact) mass is 258 g/mol. The Bertz CT molecular complexity index is 203. The van der Waals surface area contributed by atoms with E-state index in [1.165, 1.54) is 19.3 Å². The highest BCUT2D eigenvalue weighted by atomic mass is 16.9. The van der Waals surface area contributed by atoms with Crippen molar-refractivity contribution in [3.63, 3.8) is 0 Å². The maximum absolute atomic E-state index is 5.95. The number of ether oxygens (including phenoxy) is 3. The van der Waals surface area contributed by atoms with Crippen LogP contribution in [-0.4, -0.2) is 25.8 Å². The second-order valence-corrected chi connectivity index (χ2v) is 5.31. The summed E-state index contributed by atoms with van der Waals surface area (Å²) in [7, 11) is 0. The Labute approximate surface area is 112 Å². The molecule has 2 unspecified atom stereocenters. The van der Waals surface area contributed by atoms with Crippen LogP contribution in [0.1, 0.15) is 53.9 Å². The van der Waals surface area contributed by atoms with Gasteiger partial charge in [-0.25, -0.2) is 0 Å². The van der Waals surface area contributed by atoms with Crippen molar-refractivity contribution in [3.8, 4) is 0 Å². The van der Waals surface area contributed by atoms with Crippen molar-refractivity contribution in [2.45, 2.75) is 59.9 Å². The molecular formula is C15H30O3. The van der Waals surface area contributed by atoms with Crippen LogP contribution >= 0.6 is 0 Å². The molecule has 0 aromatic carbocycles. The van der Waals surface area contributed by atoms with Crippen molar-refractivity contribution in [3.05, 3.63) is 0 Å². The summed E-state index contributed by atoms with van der Waals surface area (Å²) in [6, 6.07) is 0. The van der Waals surface area contributed by atoms with Gasteiger partial charge >= 0.3 is 0 Å². The molecule has 0 spiro atoms. The highest BCUT2D eigenvalue weighted by Gasteiger charge is 2.48. The van der Waals surface area contributed by atoms with Gasteiger partial charge in [-0.05, 0) is 32.6 Å². The third kappa shape index (κ3) is 3.46. The zero-order valence-corrected chi connectivity index (χ0v) is 12.7. The van der Waals surface area contributed by atoms with Crippen LogP contribution < -0.4 is 0 Å². The minimum atomic E-state index is -0.836. The van der Waals surface area contributed by atoms with Gasteiger partial charge in [-0.2, -0.15) is 0 Å². The van der Waals surface area contributed by atoms with E-state index >= 15 is 0 Å². The van der Waals surface area contributed by atoms with Crippen LogP contribution in [0, 0.1) is 17.8 Å². The molecule has 1 saturated carbocycles. The molecule has 0 saturated heterocycles. The molecule has 1 aliphatic carbocycles. The molecule has 0 N–H and O–H groups in total. The molecule has 0 aromatic heterocycles. The van der Waals surface area contributed by atoms with Gasteiger partial charge in [0.15, 0.2) is 0 Å². The molecule has 108 valence electrons. The molecule has 0 amide bonds. The Hall–Kier alpha value is -0.120. The standard InChI is InChI=1S/C15H30O3/c1-6-16-15(17-7-2,18-8-3)14-12(4)10-9-11-13(14)5/h12-14H,6-11H2,1-5H3. The molecule has 18 heavy (non-hydrogen) atoms. The third-order valence-corrected chi connectivity index (χ3v) is 3.99. The average molecular weight is 258 g/mol. The number of hydrogen-bond acceptors (Lipinski definition) is 3. The first-order chi connectivity index (χ1) is 8.61. The van der Waals surface area contributed by atoms with E-state index in [-0.39, 0.29) is 0 Å². The van der Waals surface area contributed by atoms with Crippen LogP contribution in [0.2, 0.25) is 0 Å². The summed E-state index contributed by atoms with van der Waals surface area (Å²) in [4.78, 5) is 0. The summed E-state index contributed by atoms with van der Waals surface area (Å²) in [6.07, 6.45) is 3.78. The van der Waals surface area contributed by atoms with Gasteiger partial charge in [0, 0.05) is 25.7 Å². The predicted molar refractivity (Wildman–Crippen MR) is 73.3 cm³/mol. The Morgan fingerprint density at radius 2 is 1.22 bits per heavy atom. The molecule has 0 radical (unpaired) electrons. The lowest BCUT2D eigenvalue weighted by Gasteiger charge is -2.46. The SMILES string of the molecule is CCOC(OCC)(OCC)C1C(C)CCCC1C. The van der Waals surface area contributed by atoms with E-state index in [0.717, 1.165) is 0 Å². The molecule has 0 bridgehead atoms. The maximum atomic E-state index is 5.95. The van der Waals surface area contributed by atoms with Gasteiger partial charge in [0.25, 0.3) is 5.97 Å². The van der Waals surface area contributed by atoms with Crippen molar-refractivity contribution < 1.29 is 14.2 Å². The molecule has 1 aliphatic rings. The van der Waals surface area contributed by atoms with Gasteiger partial charge in [0.2, 0.25) is 0 Å². The maximum Gasteiger partial charge on any atom is 0.286 e. The molecular weight excluding hydrogens is 228 g/mol. The van der Waals surface area contributed by atoms with Gasteiger partial charge in [0.1, 0.15) is 0 Å². The lowest BCUT2D eigenvalue weighted by molar-refractivity contribution is -0.415. The van der Waals surface area contributed by atoms with Crippen molar-refractivity contribution in [2.24, 2.45) is 17.8 Å². The molecule has 0 aromatic rings. The van der Waals surface area contributed by atoms with Crippen molar-refractivity contribution in [1.82, 2.24) is 0 Å². The fourth-order valence-electron chi connectivity index (χ4n) is 3.40. The fourth-order valence-corrected chi connectivity index (χ4v) is 3.40. The van der Waals surface area contributed by atoms with E-state index in [2.05, 4.69) is 13.8 Å². The molecule has 2 atom stereocenters. The molecule has 0 aliphatic heterocycles. The lowest BCUT2D eigenvalue weighted by atomic mass is 9.72. The third-order valence-electron chi connectivity index (χ3n) is 3.99.